The number of benzene rings is 1. The summed E-state index contributed by atoms with van der Waals surface area (Å²) in [5, 5.41) is 12.8. The third kappa shape index (κ3) is 2.79. The van der Waals surface area contributed by atoms with Gasteiger partial charge in [-0.05, 0) is 24.1 Å². The van der Waals surface area contributed by atoms with Gasteiger partial charge in [-0.15, -0.1) is 10.2 Å². The molecule has 4 rings (SSSR count). The van der Waals surface area contributed by atoms with Gasteiger partial charge in [-0.2, -0.15) is 5.10 Å². The number of nitrogens with zero attached hydrogens (tertiary/aromatic N) is 5. The molecule has 1 aliphatic heterocycles. The summed E-state index contributed by atoms with van der Waals surface area (Å²) >= 11 is 0. The largest absolute Gasteiger partial charge is 0.423 e. The van der Waals surface area contributed by atoms with E-state index in [1.165, 1.54) is 11.3 Å². The van der Waals surface area contributed by atoms with E-state index in [2.05, 4.69) is 58.3 Å². The lowest BCUT2D eigenvalue weighted by Gasteiger charge is -2.35. The molecular weight excluding hydrogens is 302 g/mol. The second-order valence-corrected chi connectivity index (χ2v) is 6.54. The molecular formula is C18H21N5O. The molecule has 124 valence electrons. The molecule has 0 saturated heterocycles. The lowest BCUT2D eigenvalue weighted by molar-refractivity contribution is 0.399. The average molecular weight is 323 g/mol. The lowest BCUT2D eigenvalue weighted by Crippen LogP contribution is -2.36. The minimum Gasteiger partial charge on any atom is -0.423 e. The van der Waals surface area contributed by atoms with Crippen LogP contribution in [0.15, 0.2) is 47.1 Å². The molecule has 1 atom stereocenters. The van der Waals surface area contributed by atoms with Crippen molar-refractivity contribution in [2.75, 3.05) is 11.4 Å². The molecule has 0 spiro atoms. The van der Waals surface area contributed by atoms with E-state index in [4.69, 9.17) is 4.42 Å². The van der Waals surface area contributed by atoms with E-state index in [-0.39, 0.29) is 5.92 Å². The van der Waals surface area contributed by atoms with Crippen molar-refractivity contribution in [2.45, 2.75) is 38.8 Å². The fraction of sp³-hybridized carbons (Fsp3) is 0.389. The van der Waals surface area contributed by atoms with Crippen molar-refractivity contribution in [3.8, 4) is 0 Å². The van der Waals surface area contributed by atoms with E-state index >= 15 is 0 Å². The fourth-order valence-corrected chi connectivity index (χ4v) is 3.21. The molecule has 0 saturated carbocycles. The summed E-state index contributed by atoms with van der Waals surface area (Å²) in [6.07, 6.45) is 4.84. The highest BCUT2D eigenvalue weighted by molar-refractivity contribution is 5.56. The van der Waals surface area contributed by atoms with Crippen LogP contribution in [0.2, 0.25) is 0 Å². The van der Waals surface area contributed by atoms with Gasteiger partial charge in [-0.1, -0.05) is 32.0 Å². The van der Waals surface area contributed by atoms with Crippen molar-refractivity contribution >= 4 is 5.69 Å². The van der Waals surface area contributed by atoms with Gasteiger partial charge in [0.05, 0.1) is 12.6 Å². The Hall–Kier alpha value is -2.63. The molecule has 3 heterocycles. The van der Waals surface area contributed by atoms with Crippen LogP contribution in [0.1, 0.15) is 43.2 Å². The predicted molar refractivity (Wildman–Crippen MR) is 90.8 cm³/mol. The minimum atomic E-state index is 0.247. The van der Waals surface area contributed by atoms with E-state index in [0.29, 0.717) is 24.4 Å². The highest BCUT2D eigenvalue weighted by Crippen LogP contribution is 2.32. The molecule has 0 fully saturated rings. The van der Waals surface area contributed by atoms with E-state index in [0.717, 1.165) is 13.0 Å². The summed E-state index contributed by atoms with van der Waals surface area (Å²) in [7, 11) is 0. The van der Waals surface area contributed by atoms with Crippen molar-refractivity contribution in [1.82, 2.24) is 20.0 Å². The van der Waals surface area contributed by atoms with E-state index in [1.807, 2.05) is 23.1 Å². The quantitative estimate of drug-likeness (QED) is 0.738. The number of para-hydroxylation sites is 1. The lowest BCUT2D eigenvalue weighted by atomic mass is 9.98. The van der Waals surface area contributed by atoms with E-state index < -0.39 is 0 Å². The first kappa shape index (κ1) is 14.9. The molecule has 0 unspecified atom stereocenters. The summed E-state index contributed by atoms with van der Waals surface area (Å²) in [5.74, 6) is 1.60. The average Bonchev–Trinajstić information content (AvgIpc) is 3.26. The van der Waals surface area contributed by atoms with Gasteiger partial charge in [-0.25, -0.2) is 0 Å². The molecule has 0 N–H and O–H groups in total. The molecule has 24 heavy (non-hydrogen) atoms. The van der Waals surface area contributed by atoms with Crippen LogP contribution in [0.4, 0.5) is 5.69 Å². The monoisotopic (exact) mass is 323 g/mol. The van der Waals surface area contributed by atoms with Gasteiger partial charge in [0.1, 0.15) is 0 Å². The van der Waals surface area contributed by atoms with Gasteiger partial charge in [0.25, 0.3) is 0 Å². The summed E-state index contributed by atoms with van der Waals surface area (Å²) in [4.78, 5) is 2.31. The molecule has 6 heteroatoms. The Balaban J connectivity index is 1.62. The van der Waals surface area contributed by atoms with Gasteiger partial charge in [-0.3, -0.25) is 4.68 Å². The first-order chi connectivity index (χ1) is 11.7. The van der Waals surface area contributed by atoms with Crippen LogP contribution in [0.3, 0.4) is 0 Å². The molecule has 6 nitrogen and oxygen atoms in total. The molecule has 1 aromatic carbocycles. The SMILES string of the molecule is CC(C)c1nnc(CN2C[C@@H](n3cccn3)Cc3ccccc32)o1. The first-order valence-corrected chi connectivity index (χ1v) is 8.35. The molecule has 0 amide bonds. The van der Waals surface area contributed by atoms with Crippen LogP contribution in [0, 0.1) is 0 Å². The van der Waals surface area contributed by atoms with E-state index in [1.54, 1.807) is 0 Å². The Morgan fingerprint density at radius 1 is 1.21 bits per heavy atom. The Kier molecular flexibility index (Phi) is 3.80. The molecule has 0 radical (unpaired) electrons. The fourth-order valence-electron chi connectivity index (χ4n) is 3.21. The van der Waals surface area contributed by atoms with Gasteiger partial charge >= 0.3 is 0 Å². The van der Waals surface area contributed by atoms with Gasteiger partial charge in [0.15, 0.2) is 0 Å². The maximum Gasteiger partial charge on any atom is 0.235 e. The Bertz CT molecular complexity index is 808. The standard InChI is InChI=1S/C18H21N5O/c1-13(2)18-21-20-17(24-18)12-22-11-15(23-9-5-8-19-23)10-14-6-3-4-7-16(14)22/h3-9,13,15H,10-12H2,1-2H3/t15-/m0/s1. The van der Waals surface area contributed by atoms with Crippen molar-refractivity contribution in [2.24, 2.45) is 0 Å². The van der Waals surface area contributed by atoms with E-state index in [9.17, 15) is 0 Å². The molecule has 3 aromatic rings. The van der Waals surface area contributed by atoms with Gasteiger partial charge in [0, 0.05) is 30.5 Å². The zero-order chi connectivity index (χ0) is 16.5. The topological polar surface area (TPSA) is 60.0 Å². The van der Waals surface area contributed by atoms with Crippen LogP contribution in [-0.4, -0.2) is 26.5 Å². The van der Waals surface area contributed by atoms with Gasteiger partial charge in [0.2, 0.25) is 11.8 Å². The number of anilines is 1. The zero-order valence-electron chi connectivity index (χ0n) is 14.0. The predicted octanol–water partition coefficient (Wildman–Crippen LogP) is 3.19. The summed E-state index contributed by atoms with van der Waals surface area (Å²) in [6, 6.07) is 10.8. The maximum atomic E-state index is 5.80. The molecule has 1 aliphatic rings. The number of hydrogen-bond acceptors (Lipinski definition) is 5. The highest BCUT2D eigenvalue weighted by Gasteiger charge is 2.27. The number of rotatable bonds is 4. The molecule has 0 aliphatic carbocycles. The summed E-state index contributed by atoms with van der Waals surface area (Å²) < 4.78 is 7.84. The normalized spacial score (nSPS) is 17.3. The summed E-state index contributed by atoms with van der Waals surface area (Å²) in [5.41, 5.74) is 2.57. The Labute approximate surface area is 141 Å². The third-order valence-electron chi connectivity index (χ3n) is 4.42. The number of fused-ring (bicyclic) bond motifs is 1. The zero-order valence-corrected chi connectivity index (χ0v) is 14.0. The Morgan fingerprint density at radius 2 is 2.08 bits per heavy atom. The smallest absolute Gasteiger partial charge is 0.235 e. The van der Waals surface area contributed by atoms with Crippen molar-refractivity contribution in [3.63, 3.8) is 0 Å². The van der Waals surface area contributed by atoms with Crippen LogP contribution in [0.25, 0.3) is 0 Å². The second-order valence-electron chi connectivity index (χ2n) is 6.54. The molecule has 2 aromatic heterocycles. The second kappa shape index (κ2) is 6.11. The number of hydrogen-bond donors (Lipinski definition) is 0. The maximum absolute atomic E-state index is 5.80. The van der Waals surface area contributed by atoms with Crippen LogP contribution >= 0.6 is 0 Å². The first-order valence-electron chi connectivity index (χ1n) is 8.35. The van der Waals surface area contributed by atoms with Crippen molar-refractivity contribution in [3.05, 3.63) is 60.1 Å². The number of aromatic nitrogens is 4. The van der Waals surface area contributed by atoms with Crippen LogP contribution in [-0.2, 0) is 13.0 Å². The third-order valence-corrected chi connectivity index (χ3v) is 4.42. The highest BCUT2D eigenvalue weighted by atomic mass is 16.4. The van der Waals surface area contributed by atoms with Crippen molar-refractivity contribution in [1.29, 1.82) is 0 Å². The Morgan fingerprint density at radius 3 is 2.83 bits per heavy atom. The van der Waals surface area contributed by atoms with Crippen molar-refractivity contribution < 1.29 is 4.42 Å². The van der Waals surface area contributed by atoms with Crippen LogP contribution < -0.4 is 4.90 Å². The summed E-state index contributed by atoms with van der Waals surface area (Å²) in [6.45, 7) is 5.61. The van der Waals surface area contributed by atoms with Gasteiger partial charge < -0.3 is 9.32 Å². The molecule has 0 bridgehead atoms. The van der Waals surface area contributed by atoms with Crippen LogP contribution in [0.5, 0.6) is 0 Å². The minimum absolute atomic E-state index is 0.247.